The monoisotopic (exact) mass is 575 g/mol. The summed E-state index contributed by atoms with van der Waals surface area (Å²) in [6.07, 6.45) is -1.86. The molecule has 41 heavy (non-hydrogen) atoms. The van der Waals surface area contributed by atoms with Crippen molar-refractivity contribution < 1.29 is 38.1 Å². The number of nitrogens with two attached hydrogens (primary N) is 1. The Labute approximate surface area is 236 Å². The number of likely N-dealkylation sites (N-methyl/N-ethyl adjacent to an activating group) is 1. The van der Waals surface area contributed by atoms with E-state index in [1.165, 1.54) is 6.07 Å². The molecule has 0 saturated heterocycles. The van der Waals surface area contributed by atoms with E-state index in [1.807, 2.05) is 6.08 Å². The van der Waals surface area contributed by atoms with Crippen LogP contribution in [0.2, 0.25) is 0 Å². The maximum atomic E-state index is 14.1. The molecule has 1 heterocycles. The summed E-state index contributed by atoms with van der Waals surface area (Å²) in [6, 6.07) is 2.62. The third-order valence-electron chi connectivity index (χ3n) is 9.36. The van der Waals surface area contributed by atoms with E-state index in [9.17, 15) is 38.1 Å². The number of phenolic OH excluding ortho intramolecular Hbond substituents is 1. The van der Waals surface area contributed by atoms with Gasteiger partial charge in [0.25, 0.3) is 0 Å². The Morgan fingerprint density at radius 1 is 1.20 bits per heavy atom. The van der Waals surface area contributed by atoms with Crippen LogP contribution in [0.15, 0.2) is 35.1 Å². The van der Waals surface area contributed by atoms with Crippen molar-refractivity contribution in [2.45, 2.75) is 44.8 Å². The van der Waals surface area contributed by atoms with Crippen LogP contribution in [0, 0.1) is 23.7 Å². The maximum Gasteiger partial charge on any atom is 0.390 e. The molecule has 1 amide bonds. The van der Waals surface area contributed by atoms with Crippen molar-refractivity contribution in [1.82, 2.24) is 9.80 Å². The molecule has 4 unspecified atom stereocenters. The van der Waals surface area contributed by atoms with Crippen molar-refractivity contribution in [3.63, 3.8) is 0 Å². The van der Waals surface area contributed by atoms with E-state index in [0.717, 1.165) is 11.1 Å². The van der Waals surface area contributed by atoms with Gasteiger partial charge in [0.1, 0.15) is 17.3 Å². The highest BCUT2D eigenvalue weighted by Crippen LogP contribution is 2.53. The molecule has 3 aliphatic carbocycles. The highest BCUT2D eigenvalue weighted by atomic mass is 19.4. The van der Waals surface area contributed by atoms with Crippen LogP contribution in [0.25, 0.3) is 11.3 Å². The summed E-state index contributed by atoms with van der Waals surface area (Å²) >= 11 is 0. The quantitative estimate of drug-likeness (QED) is 0.419. The fraction of sp³-hybridized carbons (Fsp3) is 0.533. The average Bonchev–Trinajstić information content (AvgIpc) is 2.86. The number of fused-ring (bicyclic) bond motifs is 3. The summed E-state index contributed by atoms with van der Waals surface area (Å²) in [5.41, 5.74) is 8.46. The lowest BCUT2D eigenvalue weighted by molar-refractivity contribution is -0.137. The Bertz CT molecular complexity index is 1380. The number of aliphatic hydroxyl groups excluding tert-OH is 2. The zero-order valence-corrected chi connectivity index (χ0v) is 23.3. The van der Waals surface area contributed by atoms with Crippen molar-refractivity contribution in [3.05, 3.63) is 51.8 Å². The smallest absolute Gasteiger partial charge is 0.390 e. The molecule has 0 aromatic heterocycles. The number of allylic oxidation sites excluding steroid dienone is 1. The van der Waals surface area contributed by atoms with E-state index >= 15 is 0 Å². The molecule has 4 aliphatic rings. The van der Waals surface area contributed by atoms with Crippen molar-refractivity contribution in [2.75, 3.05) is 33.7 Å². The highest BCUT2D eigenvalue weighted by Gasteiger charge is 2.54. The highest BCUT2D eigenvalue weighted by molar-refractivity contribution is 6.07. The maximum absolute atomic E-state index is 14.1. The fourth-order valence-electron chi connectivity index (χ4n) is 7.58. The number of benzene rings is 1. The topological polar surface area (TPSA) is 127 Å². The number of Topliss-reactive ketones (excluding diaryl/α,β-unsaturated/α-hetero) is 1. The second kappa shape index (κ2) is 10.5. The van der Waals surface area contributed by atoms with Crippen LogP contribution in [-0.2, 0) is 16.0 Å². The van der Waals surface area contributed by atoms with E-state index in [1.54, 1.807) is 36.9 Å². The molecule has 222 valence electrons. The van der Waals surface area contributed by atoms with Gasteiger partial charge in [0, 0.05) is 37.0 Å². The number of primary amides is 1. The first-order chi connectivity index (χ1) is 19.2. The van der Waals surface area contributed by atoms with E-state index in [-0.39, 0.29) is 58.1 Å². The van der Waals surface area contributed by atoms with Crippen molar-refractivity contribution in [1.29, 1.82) is 0 Å². The first kappa shape index (κ1) is 29.2. The number of carbonyl (C=O) groups is 2. The zero-order chi connectivity index (χ0) is 30.0. The van der Waals surface area contributed by atoms with Crippen LogP contribution in [0.5, 0.6) is 5.75 Å². The SMILES string of the molecule is CC1C(C(N)=O)=C(O)[C@@H](N(C)C)C2CC3Cc4c(C5=CCN(CCC(F)(F)F)CC5)ccc(O)c4C(O)=C3C(=O)C12. The number of amides is 1. The molecule has 11 heteroatoms. The first-order valence-electron chi connectivity index (χ1n) is 13.9. The molecule has 1 fully saturated rings. The first-order valence-corrected chi connectivity index (χ1v) is 13.9. The lowest BCUT2D eigenvalue weighted by atomic mass is 9.57. The van der Waals surface area contributed by atoms with Crippen LogP contribution >= 0.6 is 0 Å². The van der Waals surface area contributed by atoms with Crippen molar-refractivity contribution >= 4 is 23.0 Å². The second-order valence-corrected chi connectivity index (χ2v) is 11.9. The predicted octanol–water partition coefficient (Wildman–Crippen LogP) is 3.96. The second-order valence-electron chi connectivity index (χ2n) is 11.9. The standard InChI is InChI=1S/C30H36F3N3O5/c1-14-21-19(25(35(2)3)28(40)22(14)29(34)41)13-16-12-18-17(4-5-20(37)24(18)27(39)23(16)26(21)38)15-6-9-36(10-7-15)11-8-30(31,32)33/h4-6,14,16,19,21,25,37,39-40H,7-13H2,1-3H3,(H2,34,41)/t14?,16?,19?,21?,25-/m0/s1. The van der Waals surface area contributed by atoms with Gasteiger partial charge in [-0.15, -0.1) is 0 Å². The number of hydrogen-bond acceptors (Lipinski definition) is 7. The molecule has 1 saturated carbocycles. The van der Waals surface area contributed by atoms with Crippen LogP contribution in [-0.4, -0.2) is 82.8 Å². The lowest BCUT2D eigenvalue weighted by Gasteiger charge is -2.49. The molecule has 1 aromatic carbocycles. The van der Waals surface area contributed by atoms with Gasteiger partial charge in [0.05, 0.1) is 23.6 Å². The largest absolute Gasteiger partial charge is 0.510 e. The van der Waals surface area contributed by atoms with Crippen LogP contribution in [0.3, 0.4) is 0 Å². The number of ketones is 1. The number of nitrogens with zero attached hydrogens (tertiary/aromatic N) is 2. The number of hydrogen-bond donors (Lipinski definition) is 4. The molecule has 5 atom stereocenters. The average molecular weight is 576 g/mol. The van der Waals surface area contributed by atoms with Gasteiger partial charge in [-0.25, -0.2) is 0 Å². The number of aliphatic hydroxyl groups is 2. The molecule has 1 aliphatic heterocycles. The van der Waals surface area contributed by atoms with E-state index < -0.39 is 36.4 Å². The number of halogens is 3. The van der Waals surface area contributed by atoms with Gasteiger partial charge < -0.3 is 21.1 Å². The molecule has 0 radical (unpaired) electrons. The van der Waals surface area contributed by atoms with E-state index in [0.29, 0.717) is 37.9 Å². The summed E-state index contributed by atoms with van der Waals surface area (Å²) in [4.78, 5) is 29.9. The third-order valence-corrected chi connectivity index (χ3v) is 9.36. The predicted molar refractivity (Wildman–Crippen MR) is 147 cm³/mol. The van der Waals surface area contributed by atoms with Gasteiger partial charge in [-0.3, -0.25) is 19.4 Å². The molecule has 5 N–H and O–H groups in total. The number of aromatic hydroxyl groups is 1. The van der Waals surface area contributed by atoms with Gasteiger partial charge in [-0.2, -0.15) is 13.2 Å². The minimum absolute atomic E-state index is 0.0201. The molecular weight excluding hydrogens is 539 g/mol. The van der Waals surface area contributed by atoms with Gasteiger partial charge in [-0.05, 0) is 68.0 Å². The van der Waals surface area contributed by atoms with Gasteiger partial charge in [-0.1, -0.05) is 19.1 Å². The van der Waals surface area contributed by atoms with Crippen LogP contribution in [0.4, 0.5) is 13.2 Å². The minimum atomic E-state index is -4.21. The Balaban J connectivity index is 1.52. The number of phenols is 1. The normalized spacial score (nSPS) is 28.8. The molecule has 8 nitrogen and oxygen atoms in total. The number of carbonyl (C=O) groups excluding carboxylic acids is 2. The third kappa shape index (κ3) is 5.03. The van der Waals surface area contributed by atoms with Gasteiger partial charge in [0.2, 0.25) is 5.91 Å². The molecule has 0 bridgehead atoms. The summed E-state index contributed by atoms with van der Waals surface area (Å²) in [5.74, 6) is -3.75. The Morgan fingerprint density at radius 3 is 2.49 bits per heavy atom. The number of alkyl halides is 3. The Hall–Kier alpha value is -3.31. The Morgan fingerprint density at radius 2 is 1.90 bits per heavy atom. The number of rotatable bonds is 5. The fourth-order valence-corrected chi connectivity index (χ4v) is 7.58. The lowest BCUT2D eigenvalue weighted by Crippen LogP contribution is -2.54. The Kier molecular flexibility index (Phi) is 7.48. The van der Waals surface area contributed by atoms with Gasteiger partial charge >= 0.3 is 6.18 Å². The molecular formula is C30H36F3N3O5. The van der Waals surface area contributed by atoms with Crippen LogP contribution < -0.4 is 5.73 Å². The van der Waals surface area contributed by atoms with Crippen molar-refractivity contribution in [2.24, 2.45) is 29.4 Å². The van der Waals surface area contributed by atoms with Crippen molar-refractivity contribution in [3.8, 4) is 5.75 Å². The summed E-state index contributed by atoms with van der Waals surface area (Å²) in [5, 5.41) is 33.4. The molecule has 0 spiro atoms. The van der Waals surface area contributed by atoms with E-state index in [4.69, 9.17) is 5.73 Å². The van der Waals surface area contributed by atoms with Crippen LogP contribution in [0.1, 0.15) is 42.9 Å². The van der Waals surface area contributed by atoms with Gasteiger partial charge in [0.15, 0.2) is 5.78 Å². The molecule has 5 rings (SSSR count). The summed E-state index contributed by atoms with van der Waals surface area (Å²) < 4.78 is 38.1. The zero-order valence-electron chi connectivity index (χ0n) is 23.3. The summed E-state index contributed by atoms with van der Waals surface area (Å²) in [7, 11) is 3.53. The minimum Gasteiger partial charge on any atom is -0.510 e. The summed E-state index contributed by atoms with van der Waals surface area (Å²) in [6.45, 7) is 2.42. The molecule has 1 aromatic rings. The van der Waals surface area contributed by atoms with E-state index in [2.05, 4.69) is 0 Å².